The van der Waals surface area contributed by atoms with Gasteiger partial charge in [-0.15, -0.1) is 0 Å². The molecule has 5 nitrogen and oxygen atoms in total. The van der Waals surface area contributed by atoms with Gasteiger partial charge in [-0.3, -0.25) is 4.79 Å². The van der Waals surface area contributed by atoms with Crippen LogP contribution in [-0.2, 0) is 4.79 Å². The van der Waals surface area contributed by atoms with Crippen LogP contribution in [0.15, 0.2) is 0 Å². The average molecular weight is 298 g/mol. The molecule has 0 aliphatic heterocycles. The van der Waals surface area contributed by atoms with Gasteiger partial charge < -0.3 is 20.9 Å². The van der Waals surface area contributed by atoms with Crippen molar-refractivity contribution in [3.63, 3.8) is 0 Å². The molecular weight excluding hydrogens is 264 g/mol. The summed E-state index contributed by atoms with van der Waals surface area (Å²) < 4.78 is 0. The van der Waals surface area contributed by atoms with E-state index in [9.17, 15) is 4.79 Å². The Labute approximate surface area is 130 Å². The van der Waals surface area contributed by atoms with E-state index in [1.165, 1.54) is 19.3 Å². The van der Waals surface area contributed by atoms with Crippen molar-refractivity contribution >= 4 is 5.91 Å². The summed E-state index contributed by atoms with van der Waals surface area (Å²) in [5, 5.41) is 3.42. The highest BCUT2D eigenvalue weighted by atomic mass is 16.1. The van der Waals surface area contributed by atoms with E-state index in [1.54, 1.807) is 0 Å². The minimum atomic E-state index is -0.537. The lowest BCUT2D eigenvalue weighted by molar-refractivity contribution is -0.124. The molecule has 1 atom stereocenters. The molecule has 3 N–H and O–H groups in total. The maximum atomic E-state index is 11.7. The molecule has 0 aromatic heterocycles. The number of rotatable bonds is 12. The van der Waals surface area contributed by atoms with Gasteiger partial charge in [0.1, 0.15) is 0 Å². The molecule has 1 rings (SSSR count). The van der Waals surface area contributed by atoms with E-state index < -0.39 is 5.54 Å². The smallest absolute Gasteiger partial charge is 0.237 e. The van der Waals surface area contributed by atoms with E-state index in [-0.39, 0.29) is 5.91 Å². The monoisotopic (exact) mass is 298 g/mol. The van der Waals surface area contributed by atoms with Crippen LogP contribution in [-0.4, -0.2) is 67.6 Å². The third kappa shape index (κ3) is 7.25. The van der Waals surface area contributed by atoms with Crippen LogP contribution < -0.4 is 11.1 Å². The fourth-order valence-corrected chi connectivity index (χ4v) is 2.64. The van der Waals surface area contributed by atoms with Crippen LogP contribution in [0.2, 0.25) is 0 Å². The van der Waals surface area contributed by atoms with Gasteiger partial charge in [0.15, 0.2) is 0 Å². The van der Waals surface area contributed by atoms with Gasteiger partial charge in [-0.05, 0) is 79.3 Å². The maximum absolute atomic E-state index is 11.7. The van der Waals surface area contributed by atoms with Crippen molar-refractivity contribution in [1.29, 1.82) is 0 Å². The number of nitrogens with two attached hydrogens (primary N) is 1. The van der Waals surface area contributed by atoms with Crippen LogP contribution in [0.1, 0.15) is 46.0 Å². The van der Waals surface area contributed by atoms with Gasteiger partial charge in [0.2, 0.25) is 5.91 Å². The zero-order chi connectivity index (χ0) is 15.9. The largest absolute Gasteiger partial charge is 0.368 e. The van der Waals surface area contributed by atoms with Crippen molar-refractivity contribution in [1.82, 2.24) is 15.1 Å². The summed E-state index contributed by atoms with van der Waals surface area (Å²) >= 11 is 0. The number of primary amides is 1. The molecule has 0 spiro atoms. The van der Waals surface area contributed by atoms with E-state index >= 15 is 0 Å². The molecule has 0 heterocycles. The van der Waals surface area contributed by atoms with E-state index in [2.05, 4.69) is 36.1 Å². The summed E-state index contributed by atoms with van der Waals surface area (Å²) in [7, 11) is 4.22. The van der Waals surface area contributed by atoms with Crippen molar-refractivity contribution in [2.75, 3.05) is 40.3 Å². The normalized spacial score (nSPS) is 18.2. The molecule has 1 unspecified atom stereocenters. The third-order valence-electron chi connectivity index (χ3n) is 4.32. The molecule has 124 valence electrons. The minimum Gasteiger partial charge on any atom is -0.368 e. The van der Waals surface area contributed by atoms with Gasteiger partial charge in [-0.2, -0.15) is 0 Å². The second-order valence-electron chi connectivity index (χ2n) is 6.81. The van der Waals surface area contributed by atoms with E-state index in [0.717, 1.165) is 39.0 Å². The summed E-state index contributed by atoms with van der Waals surface area (Å²) in [6.45, 7) is 8.51. The van der Waals surface area contributed by atoms with Gasteiger partial charge in [-0.25, -0.2) is 0 Å². The molecule has 1 aliphatic rings. The van der Waals surface area contributed by atoms with Crippen molar-refractivity contribution in [2.45, 2.75) is 57.5 Å². The number of nitrogens with zero attached hydrogens (tertiary/aromatic N) is 2. The van der Waals surface area contributed by atoms with E-state index in [1.807, 2.05) is 6.92 Å². The molecule has 0 saturated heterocycles. The van der Waals surface area contributed by atoms with Crippen molar-refractivity contribution in [3.8, 4) is 0 Å². The van der Waals surface area contributed by atoms with Crippen LogP contribution in [0.25, 0.3) is 0 Å². The van der Waals surface area contributed by atoms with Crippen LogP contribution in [0.4, 0.5) is 0 Å². The maximum Gasteiger partial charge on any atom is 0.237 e. The lowest BCUT2D eigenvalue weighted by Gasteiger charge is -2.29. The first kappa shape index (κ1) is 18.4. The second kappa shape index (κ2) is 8.71. The lowest BCUT2D eigenvalue weighted by Crippen LogP contribution is -2.54. The van der Waals surface area contributed by atoms with E-state index in [0.29, 0.717) is 6.04 Å². The number of carbonyl (C=O) groups excluding carboxylic acids is 1. The fraction of sp³-hybridized carbons (Fsp3) is 0.938. The van der Waals surface area contributed by atoms with E-state index in [4.69, 9.17) is 5.73 Å². The van der Waals surface area contributed by atoms with Crippen molar-refractivity contribution in [3.05, 3.63) is 0 Å². The zero-order valence-corrected chi connectivity index (χ0v) is 14.3. The fourth-order valence-electron chi connectivity index (χ4n) is 2.64. The second-order valence-corrected chi connectivity index (χ2v) is 6.81. The summed E-state index contributed by atoms with van der Waals surface area (Å²) in [4.78, 5) is 16.4. The zero-order valence-electron chi connectivity index (χ0n) is 14.3. The SMILES string of the molecule is CCN(CCCN(C)C)CCCC(C)(NC1CC1)C(N)=O. The highest BCUT2D eigenvalue weighted by molar-refractivity contribution is 5.84. The number of hydrogen-bond donors (Lipinski definition) is 2. The number of amides is 1. The third-order valence-corrected chi connectivity index (χ3v) is 4.32. The van der Waals surface area contributed by atoms with Crippen LogP contribution in [0.3, 0.4) is 0 Å². The molecule has 1 amide bonds. The predicted molar refractivity (Wildman–Crippen MR) is 88.3 cm³/mol. The Hall–Kier alpha value is -0.650. The Morgan fingerprint density at radius 2 is 1.86 bits per heavy atom. The number of nitrogens with one attached hydrogen (secondary N) is 1. The predicted octanol–water partition coefficient (Wildman–Crippen LogP) is 1.04. The van der Waals surface area contributed by atoms with Crippen LogP contribution in [0.5, 0.6) is 0 Å². The van der Waals surface area contributed by atoms with Crippen LogP contribution in [0, 0.1) is 0 Å². The summed E-state index contributed by atoms with van der Waals surface area (Å²) in [6, 6.07) is 0.505. The molecule has 1 fully saturated rings. The molecule has 0 aromatic rings. The molecule has 1 saturated carbocycles. The summed E-state index contributed by atoms with van der Waals surface area (Å²) in [5.74, 6) is -0.218. The quantitative estimate of drug-likeness (QED) is 0.565. The Bertz CT molecular complexity index is 317. The molecule has 21 heavy (non-hydrogen) atoms. The molecule has 5 heteroatoms. The minimum absolute atomic E-state index is 0.218. The average Bonchev–Trinajstić information content (AvgIpc) is 3.20. The first-order chi connectivity index (χ1) is 9.87. The van der Waals surface area contributed by atoms with Gasteiger partial charge in [0.05, 0.1) is 5.54 Å². The first-order valence-electron chi connectivity index (χ1n) is 8.32. The lowest BCUT2D eigenvalue weighted by atomic mass is 9.94. The highest BCUT2D eigenvalue weighted by Crippen LogP contribution is 2.24. The summed E-state index contributed by atoms with van der Waals surface area (Å²) in [5.41, 5.74) is 5.05. The Kier molecular flexibility index (Phi) is 7.63. The van der Waals surface area contributed by atoms with Gasteiger partial charge in [0, 0.05) is 6.04 Å². The van der Waals surface area contributed by atoms with Crippen molar-refractivity contribution in [2.24, 2.45) is 5.73 Å². The van der Waals surface area contributed by atoms with Gasteiger partial charge in [0.25, 0.3) is 0 Å². The highest BCUT2D eigenvalue weighted by Gasteiger charge is 2.36. The number of hydrogen-bond acceptors (Lipinski definition) is 4. The molecular formula is C16H34N4O. The Morgan fingerprint density at radius 3 is 2.33 bits per heavy atom. The topological polar surface area (TPSA) is 61.6 Å². The van der Waals surface area contributed by atoms with Crippen LogP contribution >= 0.6 is 0 Å². The number of carbonyl (C=O) groups is 1. The Balaban J connectivity index is 2.28. The molecule has 1 aliphatic carbocycles. The molecule has 0 bridgehead atoms. The molecule has 0 radical (unpaired) electrons. The molecule has 0 aromatic carbocycles. The standard InChI is InChI=1S/C16H34N4O/c1-5-20(13-7-11-19(3)4)12-6-10-16(2,15(17)21)18-14-8-9-14/h14,18H,5-13H2,1-4H3,(H2,17,21). The van der Waals surface area contributed by atoms with Gasteiger partial charge in [-0.1, -0.05) is 6.92 Å². The Morgan fingerprint density at radius 1 is 1.24 bits per heavy atom. The van der Waals surface area contributed by atoms with Gasteiger partial charge >= 0.3 is 0 Å². The summed E-state index contributed by atoms with van der Waals surface area (Å²) in [6.07, 6.45) is 5.37. The van der Waals surface area contributed by atoms with Crippen molar-refractivity contribution < 1.29 is 4.79 Å². The first-order valence-corrected chi connectivity index (χ1v) is 8.32.